The maximum Gasteiger partial charge on any atom is 0.292 e. The number of hydrogen-bond acceptors (Lipinski definition) is 7. The summed E-state index contributed by atoms with van der Waals surface area (Å²) in [7, 11) is 3.26. The Labute approximate surface area is 168 Å². The lowest BCUT2D eigenvalue weighted by atomic mass is 10.1. The number of hydrogen-bond donors (Lipinski definition) is 1. The SMILES string of the molecule is COc1ccc(OC)c(CN2CCN(C(=O)c3ccc(N)c([N+](=O)[O-])c3)CC2)c1. The molecule has 0 unspecified atom stereocenters. The van der Waals surface area contributed by atoms with Crippen molar-refractivity contribution in [2.75, 3.05) is 46.1 Å². The molecule has 1 amide bonds. The van der Waals surface area contributed by atoms with Gasteiger partial charge in [-0.2, -0.15) is 0 Å². The molecule has 1 fully saturated rings. The maximum atomic E-state index is 12.7. The Balaban J connectivity index is 1.64. The van der Waals surface area contributed by atoms with Crippen LogP contribution in [0.2, 0.25) is 0 Å². The number of benzene rings is 2. The van der Waals surface area contributed by atoms with Crippen molar-refractivity contribution in [1.29, 1.82) is 0 Å². The van der Waals surface area contributed by atoms with E-state index in [1.54, 1.807) is 19.1 Å². The van der Waals surface area contributed by atoms with Crippen molar-refractivity contribution in [3.8, 4) is 11.5 Å². The molecule has 0 spiro atoms. The highest BCUT2D eigenvalue weighted by Gasteiger charge is 2.24. The van der Waals surface area contributed by atoms with Crippen LogP contribution in [0.1, 0.15) is 15.9 Å². The first-order chi connectivity index (χ1) is 13.9. The smallest absolute Gasteiger partial charge is 0.292 e. The number of piperazine rings is 1. The Morgan fingerprint density at radius 1 is 1.10 bits per heavy atom. The molecule has 3 rings (SSSR count). The molecule has 2 aromatic carbocycles. The number of nitrogens with two attached hydrogens (primary N) is 1. The van der Waals surface area contributed by atoms with Crippen LogP contribution in [0.15, 0.2) is 36.4 Å². The van der Waals surface area contributed by atoms with E-state index in [0.717, 1.165) is 17.1 Å². The zero-order valence-corrected chi connectivity index (χ0v) is 16.5. The van der Waals surface area contributed by atoms with Gasteiger partial charge in [-0.1, -0.05) is 0 Å². The fourth-order valence-electron chi connectivity index (χ4n) is 3.37. The van der Waals surface area contributed by atoms with Gasteiger partial charge in [-0.25, -0.2) is 0 Å². The van der Waals surface area contributed by atoms with E-state index in [4.69, 9.17) is 15.2 Å². The number of anilines is 1. The van der Waals surface area contributed by atoms with Gasteiger partial charge in [0.05, 0.1) is 19.1 Å². The Morgan fingerprint density at radius 3 is 2.45 bits per heavy atom. The predicted octanol–water partition coefficient (Wildman–Crippen LogP) is 2.15. The van der Waals surface area contributed by atoms with Crippen molar-refractivity contribution in [2.45, 2.75) is 6.54 Å². The molecule has 154 valence electrons. The van der Waals surface area contributed by atoms with Crippen molar-refractivity contribution in [3.63, 3.8) is 0 Å². The molecule has 0 saturated carbocycles. The minimum Gasteiger partial charge on any atom is -0.497 e. The molecule has 0 bridgehead atoms. The molecule has 1 saturated heterocycles. The molecule has 0 atom stereocenters. The normalized spacial score (nSPS) is 14.5. The topological polar surface area (TPSA) is 111 Å². The van der Waals surface area contributed by atoms with Crippen LogP contribution in [0, 0.1) is 10.1 Å². The van der Waals surface area contributed by atoms with Crippen LogP contribution < -0.4 is 15.2 Å². The van der Waals surface area contributed by atoms with Crippen LogP contribution in [0.4, 0.5) is 11.4 Å². The van der Waals surface area contributed by atoms with Crippen LogP contribution in [0.3, 0.4) is 0 Å². The standard InChI is InChI=1S/C20H24N4O5/c1-28-16-4-6-19(29-2)15(11-16)13-22-7-9-23(10-8-22)20(25)14-3-5-17(21)18(12-14)24(26)27/h3-6,11-12H,7-10,13,21H2,1-2H3. The summed E-state index contributed by atoms with van der Waals surface area (Å²) in [5, 5.41) is 11.1. The monoisotopic (exact) mass is 400 g/mol. The van der Waals surface area contributed by atoms with Gasteiger partial charge in [0.25, 0.3) is 11.6 Å². The molecule has 1 heterocycles. The van der Waals surface area contributed by atoms with Crippen LogP contribution in [0.25, 0.3) is 0 Å². The second kappa shape index (κ2) is 8.78. The third-order valence-corrected chi connectivity index (χ3v) is 5.02. The van der Waals surface area contributed by atoms with Gasteiger partial charge in [-0.05, 0) is 30.3 Å². The van der Waals surface area contributed by atoms with Crippen molar-refractivity contribution in [2.24, 2.45) is 0 Å². The predicted molar refractivity (Wildman–Crippen MR) is 108 cm³/mol. The molecular formula is C20H24N4O5. The van der Waals surface area contributed by atoms with Crippen molar-refractivity contribution in [3.05, 3.63) is 57.6 Å². The van der Waals surface area contributed by atoms with Crippen molar-refractivity contribution in [1.82, 2.24) is 9.80 Å². The number of methoxy groups -OCH3 is 2. The third-order valence-electron chi connectivity index (χ3n) is 5.02. The summed E-state index contributed by atoms with van der Waals surface area (Å²) < 4.78 is 10.7. The molecule has 0 aliphatic carbocycles. The first-order valence-corrected chi connectivity index (χ1v) is 9.19. The van der Waals surface area contributed by atoms with Crippen molar-refractivity contribution < 1.29 is 19.2 Å². The van der Waals surface area contributed by atoms with Crippen molar-refractivity contribution >= 4 is 17.3 Å². The highest BCUT2D eigenvalue weighted by molar-refractivity contribution is 5.95. The largest absolute Gasteiger partial charge is 0.497 e. The fourth-order valence-corrected chi connectivity index (χ4v) is 3.37. The molecule has 9 heteroatoms. The summed E-state index contributed by atoms with van der Waals surface area (Å²) in [5.74, 6) is 1.32. The number of amides is 1. The minimum atomic E-state index is -0.578. The lowest BCUT2D eigenvalue weighted by Crippen LogP contribution is -2.48. The Morgan fingerprint density at radius 2 is 1.83 bits per heavy atom. The first-order valence-electron chi connectivity index (χ1n) is 9.19. The average molecular weight is 400 g/mol. The number of nitro groups is 1. The molecule has 2 N–H and O–H groups in total. The molecule has 0 aromatic heterocycles. The van der Waals surface area contributed by atoms with Gasteiger partial charge in [0.2, 0.25) is 0 Å². The van der Waals surface area contributed by atoms with E-state index in [9.17, 15) is 14.9 Å². The van der Waals surface area contributed by atoms with Gasteiger partial charge < -0.3 is 20.1 Å². The fraction of sp³-hybridized carbons (Fsp3) is 0.350. The number of carbonyl (C=O) groups is 1. The van der Waals surface area contributed by atoms with Crippen LogP contribution in [-0.4, -0.2) is 61.0 Å². The molecule has 2 aromatic rings. The van der Waals surface area contributed by atoms with Crippen LogP contribution in [-0.2, 0) is 6.54 Å². The van der Waals surface area contributed by atoms with Gasteiger partial charge in [0.1, 0.15) is 17.2 Å². The van der Waals surface area contributed by atoms with Crippen LogP contribution in [0.5, 0.6) is 11.5 Å². The van der Waals surface area contributed by atoms with Gasteiger partial charge in [-0.3, -0.25) is 19.8 Å². The van der Waals surface area contributed by atoms with E-state index in [0.29, 0.717) is 32.7 Å². The summed E-state index contributed by atoms with van der Waals surface area (Å²) in [6, 6.07) is 9.84. The minimum absolute atomic E-state index is 0.0450. The van der Waals surface area contributed by atoms with E-state index in [1.807, 2.05) is 18.2 Å². The summed E-state index contributed by atoms with van der Waals surface area (Å²) in [6.45, 7) is 3.11. The summed E-state index contributed by atoms with van der Waals surface area (Å²) in [6.07, 6.45) is 0. The number of ether oxygens (including phenoxy) is 2. The molecular weight excluding hydrogens is 376 g/mol. The summed E-state index contributed by atoms with van der Waals surface area (Å²) in [5.41, 5.74) is 6.69. The van der Waals surface area contributed by atoms with E-state index in [1.165, 1.54) is 18.2 Å². The van der Waals surface area contributed by atoms with Gasteiger partial charge >= 0.3 is 0 Å². The van der Waals surface area contributed by atoms with E-state index in [-0.39, 0.29) is 22.8 Å². The number of nitrogen functional groups attached to an aromatic ring is 1. The third kappa shape index (κ3) is 4.57. The average Bonchev–Trinajstić information content (AvgIpc) is 2.74. The second-order valence-electron chi connectivity index (χ2n) is 6.78. The van der Waals surface area contributed by atoms with E-state index in [2.05, 4.69) is 4.90 Å². The number of rotatable bonds is 6. The zero-order valence-electron chi connectivity index (χ0n) is 16.5. The molecule has 1 aliphatic rings. The lowest BCUT2D eigenvalue weighted by molar-refractivity contribution is -0.383. The number of nitro benzene ring substituents is 1. The summed E-state index contributed by atoms with van der Waals surface area (Å²) >= 11 is 0. The van der Waals surface area contributed by atoms with E-state index >= 15 is 0 Å². The number of nitrogens with zero attached hydrogens (tertiary/aromatic N) is 3. The van der Waals surface area contributed by atoms with Gasteiger partial charge in [0, 0.05) is 49.9 Å². The van der Waals surface area contributed by atoms with Gasteiger partial charge in [-0.15, -0.1) is 0 Å². The highest BCUT2D eigenvalue weighted by atomic mass is 16.6. The Bertz CT molecular complexity index is 910. The quantitative estimate of drug-likeness (QED) is 0.449. The van der Waals surface area contributed by atoms with Gasteiger partial charge in [0.15, 0.2) is 0 Å². The zero-order chi connectivity index (χ0) is 21.0. The second-order valence-corrected chi connectivity index (χ2v) is 6.78. The van der Waals surface area contributed by atoms with Crippen LogP contribution >= 0.6 is 0 Å². The molecule has 0 radical (unpaired) electrons. The molecule has 1 aliphatic heterocycles. The number of carbonyl (C=O) groups excluding carboxylic acids is 1. The lowest BCUT2D eigenvalue weighted by Gasteiger charge is -2.35. The Kier molecular flexibility index (Phi) is 6.18. The van der Waals surface area contributed by atoms with E-state index < -0.39 is 4.92 Å². The summed E-state index contributed by atoms with van der Waals surface area (Å²) in [4.78, 5) is 27.2. The molecule has 9 nitrogen and oxygen atoms in total. The first kappa shape index (κ1) is 20.4. The Hall–Kier alpha value is -3.33. The molecule has 29 heavy (non-hydrogen) atoms. The maximum absolute atomic E-state index is 12.7. The highest BCUT2D eigenvalue weighted by Crippen LogP contribution is 2.26.